The van der Waals surface area contributed by atoms with Crippen LogP contribution in [-0.2, 0) is 17.8 Å². The third kappa shape index (κ3) is 6.36. The van der Waals surface area contributed by atoms with Gasteiger partial charge in [-0.3, -0.25) is 4.79 Å². The molecule has 0 aliphatic heterocycles. The number of nitrogens with zero attached hydrogens (tertiary/aromatic N) is 1. The van der Waals surface area contributed by atoms with Crippen molar-refractivity contribution in [2.24, 2.45) is 0 Å². The van der Waals surface area contributed by atoms with Crippen molar-refractivity contribution < 1.29 is 4.79 Å². The Morgan fingerprint density at radius 2 is 1.39 bits per heavy atom. The van der Waals surface area contributed by atoms with Gasteiger partial charge in [0.1, 0.15) is 0 Å². The topological polar surface area (TPSA) is 32.3 Å². The summed E-state index contributed by atoms with van der Waals surface area (Å²) in [5, 5.41) is 3.03. The maximum absolute atomic E-state index is 12.2. The fourth-order valence-corrected chi connectivity index (χ4v) is 3.24. The van der Waals surface area contributed by atoms with Crippen molar-refractivity contribution in [3.05, 3.63) is 96.1 Å². The van der Waals surface area contributed by atoms with Crippen molar-refractivity contribution in [2.45, 2.75) is 19.4 Å². The smallest absolute Gasteiger partial charge is 0.224 e. The minimum absolute atomic E-state index is 0.0816. The van der Waals surface area contributed by atoms with Crippen LogP contribution in [0.4, 0.5) is 0 Å². The highest BCUT2D eigenvalue weighted by Gasteiger charge is 2.05. The van der Waals surface area contributed by atoms with Crippen LogP contribution < -0.4 is 5.32 Å². The zero-order valence-corrected chi connectivity index (χ0v) is 16.5. The number of rotatable bonds is 9. The Hall–Kier alpha value is -2.91. The van der Waals surface area contributed by atoms with E-state index in [9.17, 15) is 4.79 Å². The lowest BCUT2D eigenvalue weighted by molar-refractivity contribution is -0.120. The monoisotopic (exact) mass is 372 g/mol. The maximum atomic E-state index is 12.2. The molecule has 0 unspecified atom stereocenters. The van der Waals surface area contributed by atoms with Crippen molar-refractivity contribution in [3.8, 4) is 11.1 Å². The van der Waals surface area contributed by atoms with Crippen molar-refractivity contribution >= 4 is 5.91 Å². The highest BCUT2D eigenvalue weighted by Crippen LogP contribution is 2.19. The predicted octanol–water partition coefficient (Wildman–Crippen LogP) is 4.53. The summed E-state index contributed by atoms with van der Waals surface area (Å²) in [6, 6.07) is 29.0. The van der Waals surface area contributed by atoms with E-state index in [2.05, 4.69) is 65.8 Å². The molecule has 1 N–H and O–H groups in total. The average Bonchev–Trinajstić information content (AvgIpc) is 2.73. The zero-order valence-electron chi connectivity index (χ0n) is 16.5. The number of carbonyl (C=O) groups excluding carboxylic acids is 1. The van der Waals surface area contributed by atoms with Crippen molar-refractivity contribution in [1.82, 2.24) is 10.2 Å². The van der Waals surface area contributed by atoms with Crippen LogP contribution in [0.2, 0.25) is 0 Å². The largest absolute Gasteiger partial charge is 0.356 e. The van der Waals surface area contributed by atoms with Gasteiger partial charge < -0.3 is 10.2 Å². The highest BCUT2D eigenvalue weighted by atomic mass is 16.1. The van der Waals surface area contributed by atoms with E-state index in [-0.39, 0.29) is 5.91 Å². The quantitative estimate of drug-likeness (QED) is 0.560. The lowest BCUT2D eigenvalue weighted by Gasteiger charge is -2.16. The van der Waals surface area contributed by atoms with E-state index in [1.54, 1.807) is 0 Å². The number of hydrogen-bond acceptors (Lipinski definition) is 2. The van der Waals surface area contributed by atoms with Gasteiger partial charge >= 0.3 is 0 Å². The Kier molecular flexibility index (Phi) is 7.39. The molecule has 0 radical (unpaired) electrons. The van der Waals surface area contributed by atoms with E-state index in [1.165, 1.54) is 16.7 Å². The Labute approximate surface area is 168 Å². The first kappa shape index (κ1) is 19.8. The Morgan fingerprint density at radius 1 is 0.786 bits per heavy atom. The summed E-state index contributed by atoms with van der Waals surface area (Å²) in [6.45, 7) is 2.60. The number of carbonyl (C=O) groups is 1. The molecule has 3 nitrogen and oxygen atoms in total. The molecule has 3 aromatic rings. The summed E-state index contributed by atoms with van der Waals surface area (Å²) in [6.07, 6.45) is 1.37. The number of benzene rings is 3. The van der Waals surface area contributed by atoms with Crippen LogP contribution in [0.5, 0.6) is 0 Å². The standard InChI is InChI=1S/C25H28N2O/c1-27(20-22-9-4-2-5-10-22)18-8-17-26-25(28)19-21-13-15-24(16-14-21)23-11-6-3-7-12-23/h2-7,9-16H,8,17-20H2,1H3,(H,26,28). The lowest BCUT2D eigenvalue weighted by atomic mass is 10.0. The fourth-order valence-electron chi connectivity index (χ4n) is 3.24. The van der Waals surface area contributed by atoms with Gasteiger partial charge in [0.2, 0.25) is 5.91 Å². The molecule has 0 saturated heterocycles. The van der Waals surface area contributed by atoms with Crippen LogP contribution >= 0.6 is 0 Å². The summed E-state index contributed by atoms with van der Waals surface area (Å²) in [5.74, 6) is 0.0816. The second-order valence-corrected chi connectivity index (χ2v) is 7.17. The Bertz CT molecular complexity index is 845. The molecule has 3 rings (SSSR count). The Morgan fingerprint density at radius 3 is 2.07 bits per heavy atom. The molecular weight excluding hydrogens is 344 g/mol. The molecule has 144 valence electrons. The van der Waals surface area contributed by atoms with Crippen LogP contribution in [0.3, 0.4) is 0 Å². The van der Waals surface area contributed by atoms with Crippen molar-refractivity contribution in [2.75, 3.05) is 20.1 Å². The molecule has 0 spiro atoms. The molecule has 0 bridgehead atoms. The molecular formula is C25H28N2O. The van der Waals surface area contributed by atoms with Crippen molar-refractivity contribution in [3.63, 3.8) is 0 Å². The predicted molar refractivity (Wildman–Crippen MR) is 116 cm³/mol. The zero-order chi connectivity index (χ0) is 19.6. The number of hydrogen-bond donors (Lipinski definition) is 1. The molecule has 28 heavy (non-hydrogen) atoms. The van der Waals surface area contributed by atoms with Crippen LogP contribution in [0.15, 0.2) is 84.9 Å². The maximum Gasteiger partial charge on any atom is 0.224 e. The van der Waals surface area contributed by atoms with E-state index in [0.29, 0.717) is 13.0 Å². The van der Waals surface area contributed by atoms with E-state index in [4.69, 9.17) is 0 Å². The first-order valence-electron chi connectivity index (χ1n) is 9.84. The van der Waals surface area contributed by atoms with Gasteiger partial charge in [0.05, 0.1) is 6.42 Å². The van der Waals surface area contributed by atoms with E-state index in [1.807, 2.05) is 36.4 Å². The first-order valence-corrected chi connectivity index (χ1v) is 9.84. The second-order valence-electron chi connectivity index (χ2n) is 7.17. The van der Waals surface area contributed by atoms with Gasteiger partial charge in [-0.1, -0.05) is 84.9 Å². The van der Waals surface area contributed by atoms with Gasteiger partial charge in [0.25, 0.3) is 0 Å². The second kappa shape index (κ2) is 10.4. The van der Waals surface area contributed by atoms with Crippen LogP contribution in [0, 0.1) is 0 Å². The molecule has 1 amide bonds. The van der Waals surface area contributed by atoms with Crippen LogP contribution in [0.1, 0.15) is 17.5 Å². The van der Waals surface area contributed by atoms with E-state index >= 15 is 0 Å². The number of amides is 1. The SMILES string of the molecule is CN(CCCNC(=O)Cc1ccc(-c2ccccc2)cc1)Cc1ccccc1. The first-order chi connectivity index (χ1) is 13.7. The van der Waals surface area contributed by atoms with Crippen molar-refractivity contribution in [1.29, 1.82) is 0 Å². The third-order valence-electron chi connectivity index (χ3n) is 4.76. The summed E-state index contributed by atoms with van der Waals surface area (Å²) >= 11 is 0. The lowest BCUT2D eigenvalue weighted by Crippen LogP contribution is -2.29. The molecule has 0 aromatic heterocycles. The summed E-state index contributed by atoms with van der Waals surface area (Å²) in [4.78, 5) is 14.5. The molecule has 0 atom stereocenters. The van der Waals surface area contributed by atoms with Gasteiger partial charge in [0.15, 0.2) is 0 Å². The summed E-state index contributed by atoms with van der Waals surface area (Å²) in [5.41, 5.74) is 4.72. The van der Waals surface area contributed by atoms with Gasteiger partial charge in [-0.05, 0) is 42.3 Å². The molecule has 3 aromatic carbocycles. The molecule has 0 aliphatic rings. The normalized spacial score (nSPS) is 10.8. The van der Waals surface area contributed by atoms with Crippen LogP contribution in [0.25, 0.3) is 11.1 Å². The molecule has 3 heteroatoms. The molecule has 0 saturated carbocycles. The molecule has 0 heterocycles. The molecule has 0 aliphatic carbocycles. The van der Waals surface area contributed by atoms with Crippen LogP contribution in [-0.4, -0.2) is 30.9 Å². The molecule has 0 fully saturated rings. The van der Waals surface area contributed by atoms with Gasteiger partial charge in [-0.2, -0.15) is 0 Å². The fraction of sp³-hybridized carbons (Fsp3) is 0.240. The Balaban J connectivity index is 1.36. The third-order valence-corrected chi connectivity index (χ3v) is 4.76. The summed E-state index contributed by atoms with van der Waals surface area (Å²) in [7, 11) is 2.11. The van der Waals surface area contributed by atoms with Gasteiger partial charge in [-0.15, -0.1) is 0 Å². The van der Waals surface area contributed by atoms with Gasteiger partial charge in [0, 0.05) is 13.1 Å². The average molecular weight is 373 g/mol. The van der Waals surface area contributed by atoms with E-state index in [0.717, 1.165) is 25.1 Å². The highest BCUT2D eigenvalue weighted by molar-refractivity contribution is 5.78. The minimum Gasteiger partial charge on any atom is -0.356 e. The summed E-state index contributed by atoms with van der Waals surface area (Å²) < 4.78 is 0. The number of nitrogens with one attached hydrogen (secondary N) is 1. The van der Waals surface area contributed by atoms with Gasteiger partial charge in [-0.25, -0.2) is 0 Å². The minimum atomic E-state index is 0.0816. The van der Waals surface area contributed by atoms with E-state index < -0.39 is 0 Å².